The van der Waals surface area contributed by atoms with E-state index >= 15 is 0 Å². The SMILES string of the molecule is CC(O)(S)C(F)(F)F. The number of hydrogen-bond donors (Lipinski definition) is 2. The smallest absolute Gasteiger partial charge is 0.372 e. The molecule has 0 amide bonds. The number of thiol groups is 1. The molecule has 0 spiro atoms. The molecule has 0 aliphatic carbocycles. The number of alkyl halides is 3. The van der Waals surface area contributed by atoms with Crippen LogP contribution >= 0.6 is 12.6 Å². The van der Waals surface area contributed by atoms with E-state index in [1.54, 1.807) is 0 Å². The van der Waals surface area contributed by atoms with Gasteiger partial charge in [0.05, 0.1) is 0 Å². The molecule has 1 unspecified atom stereocenters. The van der Waals surface area contributed by atoms with Gasteiger partial charge in [0.15, 0.2) is 0 Å². The van der Waals surface area contributed by atoms with Gasteiger partial charge in [0.1, 0.15) is 0 Å². The van der Waals surface area contributed by atoms with E-state index in [0.29, 0.717) is 6.92 Å². The third kappa shape index (κ3) is 1.92. The van der Waals surface area contributed by atoms with Crippen LogP contribution in [-0.4, -0.2) is 16.2 Å². The van der Waals surface area contributed by atoms with E-state index in [9.17, 15) is 13.2 Å². The average Bonchev–Trinajstić information content (AvgIpc) is 1.25. The summed E-state index contributed by atoms with van der Waals surface area (Å²) >= 11 is 2.87. The lowest BCUT2D eigenvalue weighted by molar-refractivity contribution is -0.212. The normalized spacial score (nSPS) is 20.2. The third-order valence-corrected chi connectivity index (χ3v) is 0.791. The molecule has 5 heteroatoms. The average molecular weight is 146 g/mol. The molecule has 0 aliphatic heterocycles. The lowest BCUT2D eigenvalue weighted by Crippen LogP contribution is -2.35. The second-order valence-electron chi connectivity index (χ2n) is 1.52. The minimum atomic E-state index is -4.64. The van der Waals surface area contributed by atoms with Crippen molar-refractivity contribution in [2.75, 3.05) is 0 Å². The molecular weight excluding hydrogens is 141 g/mol. The highest BCUT2D eigenvalue weighted by atomic mass is 32.1. The topological polar surface area (TPSA) is 20.2 Å². The number of hydrogen-bond acceptors (Lipinski definition) is 2. The van der Waals surface area contributed by atoms with Crippen LogP contribution in [0, 0.1) is 0 Å². The molecule has 0 aromatic rings. The second kappa shape index (κ2) is 1.80. The zero-order valence-corrected chi connectivity index (χ0v) is 4.92. The highest BCUT2D eigenvalue weighted by Gasteiger charge is 2.46. The van der Waals surface area contributed by atoms with E-state index in [-0.39, 0.29) is 0 Å². The quantitative estimate of drug-likeness (QED) is 0.388. The predicted molar refractivity (Wildman–Crippen MR) is 25.7 cm³/mol. The van der Waals surface area contributed by atoms with Crippen molar-refractivity contribution in [1.29, 1.82) is 0 Å². The second-order valence-corrected chi connectivity index (χ2v) is 2.39. The summed E-state index contributed by atoms with van der Waals surface area (Å²) in [4.78, 5) is -2.87. The first-order chi connectivity index (χ1) is 3.25. The van der Waals surface area contributed by atoms with E-state index in [2.05, 4.69) is 12.6 Å². The summed E-state index contributed by atoms with van der Waals surface area (Å²) in [7, 11) is 0. The molecule has 0 saturated heterocycles. The summed E-state index contributed by atoms with van der Waals surface area (Å²) in [5.41, 5.74) is 0. The van der Waals surface area contributed by atoms with Crippen molar-refractivity contribution < 1.29 is 18.3 Å². The fourth-order valence-electron chi connectivity index (χ4n) is 0. The van der Waals surface area contributed by atoms with Crippen molar-refractivity contribution in [3.8, 4) is 0 Å². The Hall–Kier alpha value is 0.100. The highest BCUT2D eigenvalue weighted by molar-refractivity contribution is 7.81. The summed E-state index contributed by atoms with van der Waals surface area (Å²) in [5, 5.41) is 8.09. The number of halogens is 3. The largest absolute Gasteiger partial charge is 0.426 e. The Labute approximate surface area is 49.9 Å². The van der Waals surface area contributed by atoms with Crippen molar-refractivity contribution in [2.24, 2.45) is 0 Å². The molecule has 0 saturated carbocycles. The molecule has 50 valence electrons. The molecule has 1 atom stereocenters. The van der Waals surface area contributed by atoms with E-state index in [1.807, 2.05) is 0 Å². The Bertz CT molecular complexity index is 69.5. The Balaban J connectivity index is 4.02. The summed E-state index contributed by atoms with van der Waals surface area (Å²) in [6.45, 7) is 0.566. The van der Waals surface area contributed by atoms with Gasteiger partial charge in [0.25, 0.3) is 0 Å². The summed E-state index contributed by atoms with van der Waals surface area (Å²) in [6.07, 6.45) is -4.64. The molecule has 1 N–H and O–H groups in total. The lowest BCUT2D eigenvalue weighted by Gasteiger charge is -2.19. The summed E-state index contributed by atoms with van der Waals surface area (Å²) in [6, 6.07) is 0. The lowest BCUT2D eigenvalue weighted by atomic mass is 10.4. The van der Waals surface area contributed by atoms with Gasteiger partial charge in [-0.3, -0.25) is 0 Å². The third-order valence-electron chi connectivity index (χ3n) is 0.537. The van der Waals surface area contributed by atoms with Crippen LogP contribution in [0.15, 0.2) is 0 Å². The fourth-order valence-corrected chi connectivity index (χ4v) is 0. The van der Waals surface area contributed by atoms with Crippen LogP contribution in [-0.2, 0) is 0 Å². The number of rotatable bonds is 0. The summed E-state index contributed by atoms with van der Waals surface area (Å²) in [5.74, 6) is 0. The zero-order chi connectivity index (χ0) is 7.00. The van der Waals surface area contributed by atoms with Crippen LogP contribution in [0.5, 0.6) is 0 Å². The minimum Gasteiger partial charge on any atom is -0.372 e. The molecule has 0 radical (unpaired) electrons. The van der Waals surface area contributed by atoms with Gasteiger partial charge in [-0.1, -0.05) is 0 Å². The molecule has 0 heterocycles. The van der Waals surface area contributed by atoms with Crippen LogP contribution in [0.1, 0.15) is 6.92 Å². The Morgan fingerprint density at radius 3 is 1.50 bits per heavy atom. The molecule has 0 fully saturated rings. The Kier molecular flexibility index (Phi) is 1.83. The van der Waals surface area contributed by atoms with Crippen LogP contribution in [0.25, 0.3) is 0 Å². The van der Waals surface area contributed by atoms with Gasteiger partial charge in [-0.05, 0) is 6.92 Å². The van der Waals surface area contributed by atoms with E-state index in [4.69, 9.17) is 5.11 Å². The van der Waals surface area contributed by atoms with Gasteiger partial charge < -0.3 is 5.11 Å². The van der Waals surface area contributed by atoms with Crippen molar-refractivity contribution in [3.63, 3.8) is 0 Å². The van der Waals surface area contributed by atoms with E-state index in [1.165, 1.54) is 0 Å². The van der Waals surface area contributed by atoms with Gasteiger partial charge in [-0.2, -0.15) is 13.2 Å². The highest BCUT2D eigenvalue weighted by Crippen LogP contribution is 2.32. The summed E-state index contributed by atoms with van der Waals surface area (Å²) < 4.78 is 33.7. The van der Waals surface area contributed by atoms with Gasteiger partial charge in [0.2, 0.25) is 4.93 Å². The molecule has 8 heavy (non-hydrogen) atoms. The van der Waals surface area contributed by atoms with Gasteiger partial charge in [-0.15, -0.1) is 12.6 Å². The van der Waals surface area contributed by atoms with Gasteiger partial charge in [0, 0.05) is 0 Å². The number of aliphatic hydroxyl groups is 1. The van der Waals surface area contributed by atoms with E-state index in [0.717, 1.165) is 0 Å². The van der Waals surface area contributed by atoms with Crippen LogP contribution in [0.3, 0.4) is 0 Å². The minimum absolute atomic E-state index is 0.566. The Morgan fingerprint density at radius 1 is 1.38 bits per heavy atom. The Morgan fingerprint density at radius 2 is 1.50 bits per heavy atom. The first-order valence-corrected chi connectivity index (χ1v) is 2.21. The first kappa shape index (κ1) is 8.10. The molecule has 0 bridgehead atoms. The molecule has 0 rings (SSSR count). The monoisotopic (exact) mass is 146 g/mol. The molecule has 0 aromatic heterocycles. The van der Waals surface area contributed by atoms with Gasteiger partial charge in [-0.25, -0.2) is 0 Å². The maximum Gasteiger partial charge on any atom is 0.426 e. The van der Waals surface area contributed by atoms with Crippen LogP contribution < -0.4 is 0 Å². The fraction of sp³-hybridized carbons (Fsp3) is 1.00. The van der Waals surface area contributed by atoms with Crippen molar-refractivity contribution in [2.45, 2.75) is 18.0 Å². The first-order valence-electron chi connectivity index (χ1n) is 1.76. The van der Waals surface area contributed by atoms with Crippen molar-refractivity contribution >= 4 is 12.6 Å². The standard InChI is InChI=1S/C3H5F3OS/c1-2(7,8)3(4,5)6/h7-8H,1H3. The zero-order valence-electron chi connectivity index (χ0n) is 4.03. The van der Waals surface area contributed by atoms with E-state index < -0.39 is 11.1 Å². The molecule has 0 aliphatic rings. The van der Waals surface area contributed by atoms with Gasteiger partial charge >= 0.3 is 6.18 Å². The maximum absolute atomic E-state index is 11.2. The van der Waals surface area contributed by atoms with Crippen molar-refractivity contribution in [3.05, 3.63) is 0 Å². The predicted octanol–water partition coefficient (Wildman–Crippen LogP) is 1.19. The van der Waals surface area contributed by atoms with Crippen LogP contribution in [0.2, 0.25) is 0 Å². The molecule has 1 nitrogen and oxygen atoms in total. The molecule has 0 aromatic carbocycles. The maximum atomic E-state index is 11.2. The van der Waals surface area contributed by atoms with Crippen LogP contribution in [0.4, 0.5) is 13.2 Å². The molecular formula is C3H5F3OS. The van der Waals surface area contributed by atoms with Crippen molar-refractivity contribution in [1.82, 2.24) is 0 Å².